The van der Waals surface area contributed by atoms with E-state index in [0.717, 1.165) is 24.5 Å². The Balaban J connectivity index is 1.57. The van der Waals surface area contributed by atoms with Gasteiger partial charge < -0.3 is 25.0 Å². The van der Waals surface area contributed by atoms with Crippen molar-refractivity contribution in [1.29, 1.82) is 0 Å². The highest BCUT2D eigenvalue weighted by Crippen LogP contribution is 2.29. The van der Waals surface area contributed by atoms with E-state index in [4.69, 9.17) is 4.74 Å². The predicted octanol–water partition coefficient (Wildman–Crippen LogP) is 5.05. The third-order valence-electron chi connectivity index (χ3n) is 4.94. The fourth-order valence-electron chi connectivity index (χ4n) is 3.47. The van der Waals surface area contributed by atoms with E-state index < -0.39 is 6.36 Å². The van der Waals surface area contributed by atoms with Crippen molar-refractivity contribution >= 4 is 23.1 Å². The number of aromatic nitrogens is 2. The monoisotopic (exact) mass is 459 g/mol. The van der Waals surface area contributed by atoms with Gasteiger partial charge in [-0.1, -0.05) is 12.1 Å². The second kappa shape index (κ2) is 9.95. The van der Waals surface area contributed by atoms with Crippen LogP contribution in [-0.2, 0) is 4.74 Å². The maximum atomic E-state index is 12.6. The Labute approximate surface area is 189 Å². The van der Waals surface area contributed by atoms with Gasteiger partial charge in [0.25, 0.3) is 0 Å². The third-order valence-corrected chi connectivity index (χ3v) is 4.94. The van der Waals surface area contributed by atoms with Crippen LogP contribution in [0.4, 0.5) is 36.3 Å². The molecular formula is C23H24F3N5O2. The number of hydrogen-bond acceptors (Lipinski definition) is 7. The molecule has 7 nitrogen and oxygen atoms in total. The first-order valence-electron chi connectivity index (χ1n) is 10.6. The van der Waals surface area contributed by atoms with Crippen molar-refractivity contribution in [2.45, 2.75) is 13.3 Å². The fraction of sp³-hybridized carbons (Fsp3) is 0.304. The lowest BCUT2D eigenvalue weighted by Crippen LogP contribution is -2.36. The Kier molecular flexibility index (Phi) is 6.83. The number of hydrogen-bond donors (Lipinski definition) is 2. The first-order chi connectivity index (χ1) is 15.9. The molecule has 0 radical (unpaired) electrons. The summed E-state index contributed by atoms with van der Waals surface area (Å²) in [4.78, 5) is 11.2. The molecule has 0 bridgehead atoms. The number of nitrogens with zero attached hydrogens (tertiary/aromatic N) is 3. The molecule has 1 aliphatic heterocycles. The van der Waals surface area contributed by atoms with Crippen LogP contribution in [0.25, 0.3) is 11.3 Å². The number of alkyl halides is 3. The highest BCUT2D eigenvalue weighted by atomic mass is 19.4. The Hall–Kier alpha value is -3.53. The van der Waals surface area contributed by atoms with Crippen LogP contribution in [0, 0.1) is 0 Å². The second-order valence-corrected chi connectivity index (χ2v) is 7.34. The molecule has 1 aromatic heterocycles. The number of halogens is 3. The summed E-state index contributed by atoms with van der Waals surface area (Å²) < 4.78 is 47.3. The third kappa shape index (κ3) is 6.26. The van der Waals surface area contributed by atoms with Gasteiger partial charge in [-0.2, -0.15) is 4.98 Å². The standard InChI is InChI=1S/C23H24F3N5O2/c1-2-27-22-29-20(16-4-3-5-19(14-16)33-23(24,25)26)15-21(30-22)28-17-6-8-18(9-7-17)31-10-12-32-13-11-31/h3-9,14-15H,2,10-13H2,1H3,(H2,27,28,29,30). The van der Waals surface area contributed by atoms with E-state index in [1.165, 1.54) is 18.2 Å². The summed E-state index contributed by atoms with van der Waals surface area (Å²) in [5.74, 6) is 0.568. The minimum atomic E-state index is -4.76. The zero-order chi connectivity index (χ0) is 23.3. The molecule has 2 aromatic carbocycles. The summed E-state index contributed by atoms with van der Waals surface area (Å²) in [7, 11) is 0. The quantitative estimate of drug-likeness (QED) is 0.512. The van der Waals surface area contributed by atoms with E-state index in [0.29, 0.717) is 42.8 Å². The maximum Gasteiger partial charge on any atom is 0.573 e. The van der Waals surface area contributed by atoms with Gasteiger partial charge in [-0.15, -0.1) is 13.2 Å². The van der Waals surface area contributed by atoms with Gasteiger partial charge in [0.15, 0.2) is 0 Å². The Morgan fingerprint density at radius 3 is 2.48 bits per heavy atom. The fourth-order valence-corrected chi connectivity index (χ4v) is 3.47. The van der Waals surface area contributed by atoms with Gasteiger partial charge in [0, 0.05) is 42.6 Å². The molecule has 4 rings (SSSR count). The van der Waals surface area contributed by atoms with E-state index in [2.05, 4.69) is 30.2 Å². The molecule has 0 spiro atoms. The van der Waals surface area contributed by atoms with E-state index in [-0.39, 0.29) is 5.75 Å². The molecule has 0 saturated carbocycles. The predicted molar refractivity (Wildman–Crippen MR) is 121 cm³/mol. The average Bonchev–Trinajstić information content (AvgIpc) is 2.79. The van der Waals surface area contributed by atoms with Crippen molar-refractivity contribution in [1.82, 2.24) is 9.97 Å². The lowest BCUT2D eigenvalue weighted by Gasteiger charge is -2.28. The molecule has 1 saturated heterocycles. The molecular weight excluding hydrogens is 435 g/mol. The van der Waals surface area contributed by atoms with Gasteiger partial charge in [0.1, 0.15) is 11.6 Å². The molecule has 0 aliphatic carbocycles. The number of anilines is 4. The van der Waals surface area contributed by atoms with Gasteiger partial charge in [0.05, 0.1) is 18.9 Å². The van der Waals surface area contributed by atoms with E-state index >= 15 is 0 Å². The van der Waals surface area contributed by atoms with Gasteiger partial charge >= 0.3 is 6.36 Å². The molecule has 1 fully saturated rings. The molecule has 0 unspecified atom stereocenters. The maximum absolute atomic E-state index is 12.6. The van der Waals surface area contributed by atoms with Gasteiger partial charge in [-0.25, -0.2) is 4.98 Å². The SMILES string of the molecule is CCNc1nc(Nc2ccc(N3CCOCC3)cc2)cc(-c2cccc(OC(F)(F)F)c2)n1. The van der Waals surface area contributed by atoms with Gasteiger partial charge in [-0.05, 0) is 43.3 Å². The molecule has 174 valence electrons. The van der Waals surface area contributed by atoms with Crippen LogP contribution >= 0.6 is 0 Å². The van der Waals surface area contributed by atoms with Crippen molar-refractivity contribution in [2.75, 3.05) is 48.4 Å². The Bertz CT molecular complexity index is 1070. The van der Waals surface area contributed by atoms with Crippen LogP contribution in [0.1, 0.15) is 6.92 Å². The van der Waals surface area contributed by atoms with Crippen LogP contribution in [0.3, 0.4) is 0 Å². The van der Waals surface area contributed by atoms with E-state index in [1.807, 2.05) is 31.2 Å². The zero-order valence-electron chi connectivity index (χ0n) is 18.0. The Morgan fingerprint density at radius 1 is 1.03 bits per heavy atom. The molecule has 1 aliphatic rings. The van der Waals surface area contributed by atoms with Gasteiger partial charge in [-0.3, -0.25) is 0 Å². The number of rotatable bonds is 7. The minimum absolute atomic E-state index is 0.308. The van der Waals surface area contributed by atoms with Crippen molar-refractivity contribution in [3.63, 3.8) is 0 Å². The first-order valence-corrected chi connectivity index (χ1v) is 10.6. The van der Waals surface area contributed by atoms with Crippen molar-refractivity contribution in [3.05, 3.63) is 54.6 Å². The van der Waals surface area contributed by atoms with Crippen LogP contribution < -0.4 is 20.3 Å². The number of nitrogens with one attached hydrogen (secondary N) is 2. The summed E-state index contributed by atoms with van der Waals surface area (Å²) >= 11 is 0. The topological polar surface area (TPSA) is 71.5 Å². The zero-order valence-corrected chi connectivity index (χ0v) is 18.0. The lowest BCUT2D eigenvalue weighted by atomic mass is 10.1. The van der Waals surface area contributed by atoms with Crippen molar-refractivity contribution in [2.24, 2.45) is 0 Å². The molecule has 3 aromatic rings. The molecule has 0 amide bonds. The molecule has 33 heavy (non-hydrogen) atoms. The van der Waals surface area contributed by atoms with Crippen molar-refractivity contribution < 1.29 is 22.6 Å². The van der Waals surface area contributed by atoms with Crippen LogP contribution in [-0.4, -0.2) is 49.2 Å². The van der Waals surface area contributed by atoms with Crippen LogP contribution in [0.2, 0.25) is 0 Å². The van der Waals surface area contributed by atoms with E-state index in [9.17, 15) is 13.2 Å². The highest BCUT2D eigenvalue weighted by molar-refractivity contribution is 5.69. The number of benzene rings is 2. The minimum Gasteiger partial charge on any atom is -0.406 e. The number of morpholine rings is 1. The number of ether oxygens (including phenoxy) is 2. The van der Waals surface area contributed by atoms with Crippen LogP contribution in [0.5, 0.6) is 5.75 Å². The summed E-state index contributed by atoms with van der Waals surface area (Å²) in [5, 5.41) is 6.31. The van der Waals surface area contributed by atoms with Gasteiger partial charge in [0.2, 0.25) is 5.95 Å². The first kappa shape index (κ1) is 22.7. The summed E-state index contributed by atoms with van der Waals surface area (Å²) in [6.45, 7) is 5.63. The lowest BCUT2D eigenvalue weighted by molar-refractivity contribution is -0.274. The Morgan fingerprint density at radius 2 is 1.79 bits per heavy atom. The second-order valence-electron chi connectivity index (χ2n) is 7.34. The smallest absolute Gasteiger partial charge is 0.406 e. The summed E-state index contributed by atoms with van der Waals surface area (Å²) in [5.41, 5.74) is 2.88. The van der Waals surface area contributed by atoms with Crippen LogP contribution in [0.15, 0.2) is 54.6 Å². The molecule has 2 N–H and O–H groups in total. The van der Waals surface area contributed by atoms with Crippen molar-refractivity contribution in [3.8, 4) is 17.0 Å². The van der Waals surface area contributed by atoms with E-state index in [1.54, 1.807) is 12.1 Å². The molecule has 0 atom stereocenters. The normalized spacial score (nSPS) is 14.1. The largest absolute Gasteiger partial charge is 0.573 e. The molecule has 2 heterocycles. The summed E-state index contributed by atoms with van der Waals surface area (Å²) in [6, 6.07) is 15.4. The molecule has 10 heteroatoms. The average molecular weight is 459 g/mol. The summed E-state index contributed by atoms with van der Waals surface area (Å²) in [6.07, 6.45) is -4.76. The highest BCUT2D eigenvalue weighted by Gasteiger charge is 2.31.